The van der Waals surface area contributed by atoms with Gasteiger partial charge >= 0.3 is 0 Å². The molecule has 4 heteroatoms. The van der Waals surface area contributed by atoms with E-state index < -0.39 is 0 Å². The summed E-state index contributed by atoms with van der Waals surface area (Å²) in [6.45, 7) is 3.63. The second kappa shape index (κ2) is 7.83. The second-order valence-electron chi connectivity index (χ2n) is 4.98. The number of ether oxygens (including phenoxy) is 1. The zero-order valence-electron chi connectivity index (χ0n) is 12.2. The number of likely N-dealkylation sites (N-methyl/N-ethyl adjacent to an activating group) is 1. The first-order valence-electron chi connectivity index (χ1n) is 6.91. The molecule has 1 unspecified atom stereocenters. The summed E-state index contributed by atoms with van der Waals surface area (Å²) < 4.78 is 6.79. The van der Waals surface area contributed by atoms with E-state index in [1.54, 1.807) is 0 Å². The molecule has 0 aromatic heterocycles. The highest BCUT2D eigenvalue weighted by Crippen LogP contribution is 2.26. The minimum atomic E-state index is 0.254. The van der Waals surface area contributed by atoms with Crippen molar-refractivity contribution < 1.29 is 4.74 Å². The van der Waals surface area contributed by atoms with E-state index in [9.17, 15) is 0 Å². The third kappa shape index (κ3) is 4.73. The van der Waals surface area contributed by atoms with Crippen LogP contribution in [0.2, 0.25) is 5.02 Å². The van der Waals surface area contributed by atoms with E-state index >= 15 is 0 Å². The summed E-state index contributed by atoms with van der Waals surface area (Å²) in [6.07, 6.45) is 0. The molecule has 1 atom stereocenters. The van der Waals surface area contributed by atoms with E-state index in [1.165, 1.54) is 0 Å². The molecule has 2 rings (SSSR count). The largest absolute Gasteiger partial charge is 0.492 e. The molecule has 112 valence electrons. The van der Waals surface area contributed by atoms with Gasteiger partial charge in [0.25, 0.3) is 0 Å². The Labute approximate surface area is 139 Å². The molecule has 2 aromatic carbocycles. The van der Waals surface area contributed by atoms with E-state index in [4.69, 9.17) is 16.3 Å². The summed E-state index contributed by atoms with van der Waals surface area (Å²) in [5.41, 5.74) is 1.14. The van der Waals surface area contributed by atoms with E-state index in [-0.39, 0.29) is 6.04 Å². The summed E-state index contributed by atoms with van der Waals surface area (Å²) in [7, 11) is 2.08. The van der Waals surface area contributed by atoms with Crippen molar-refractivity contribution in [2.45, 2.75) is 13.0 Å². The fourth-order valence-electron chi connectivity index (χ4n) is 2.11. The highest BCUT2D eigenvalue weighted by atomic mass is 79.9. The first-order chi connectivity index (χ1) is 10.1. The third-order valence-electron chi connectivity index (χ3n) is 3.53. The number of rotatable bonds is 6. The van der Waals surface area contributed by atoms with E-state index in [0.29, 0.717) is 6.61 Å². The Hall–Kier alpha value is -1.03. The van der Waals surface area contributed by atoms with Gasteiger partial charge in [-0.05, 0) is 43.8 Å². The standard InChI is InChI=1S/C17H19BrClNO/c1-13(16-8-3-4-9-17(16)19)20(2)10-11-21-15-7-5-6-14(18)12-15/h3-9,12-13H,10-11H2,1-2H3. The zero-order chi connectivity index (χ0) is 15.2. The van der Waals surface area contributed by atoms with Gasteiger partial charge < -0.3 is 4.74 Å². The normalized spacial score (nSPS) is 12.4. The summed E-state index contributed by atoms with van der Waals surface area (Å²) in [4.78, 5) is 2.24. The molecule has 0 N–H and O–H groups in total. The van der Waals surface area contributed by atoms with Gasteiger partial charge in [-0.3, -0.25) is 4.90 Å². The summed E-state index contributed by atoms with van der Waals surface area (Å²) in [6, 6.07) is 16.1. The molecule has 0 amide bonds. The molecular formula is C17H19BrClNO. The van der Waals surface area contributed by atoms with Crippen molar-refractivity contribution in [3.05, 3.63) is 63.6 Å². The molecule has 0 heterocycles. The lowest BCUT2D eigenvalue weighted by atomic mass is 10.1. The van der Waals surface area contributed by atoms with Crippen molar-refractivity contribution in [3.8, 4) is 5.75 Å². The molecule has 0 aliphatic carbocycles. The van der Waals surface area contributed by atoms with E-state index in [2.05, 4.69) is 40.9 Å². The average Bonchev–Trinajstić information content (AvgIpc) is 2.47. The van der Waals surface area contributed by atoms with Crippen LogP contribution in [0.4, 0.5) is 0 Å². The number of halogens is 2. The van der Waals surface area contributed by atoms with Gasteiger partial charge in [-0.15, -0.1) is 0 Å². The molecule has 0 aliphatic heterocycles. The van der Waals surface area contributed by atoms with Gasteiger partial charge in [0, 0.05) is 22.1 Å². The Morgan fingerprint density at radius 2 is 1.95 bits per heavy atom. The highest BCUT2D eigenvalue weighted by Gasteiger charge is 2.14. The third-order valence-corrected chi connectivity index (χ3v) is 4.36. The summed E-state index contributed by atoms with van der Waals surface area (Å²) in [5.74, 6) is 0.878. The van der Waals surface area contributed by atoms with Crippen molar-refractivity contribution in [1.29, 1.82) is 0 Å². The summed E-state index contributed by atoms with van der Waals surface area (Å²) in [5, 5.41) is 0.810. The first kappa shape index (κ1) is 16.3. The molecule has 2 nitrogen and oxygen atoms in total. The number of benzene rings is 2. The Kier molecular flexibility index (Phi) is 6.09. The van der Waals surface area contributed by atoms with Crippen LogP contribution in [0.15, 0.2) is 53.0 Å². The molecule has 21 heavy (non-hydrogen) atoms. The predicted molar refractivity (Wildman–Crippen MR) is 92.1 cm³/mol. The molecule has 0 fully saturated rings. The fraction of sp³-hybridized carbons (Fsp3) is 0.294. The molecular weight excluding hydrogens is 350 g/mol. The van der Waals surface area contributed by atoms with Crippen molar-refractivity contribution in [1.82, 2.24) is 4.90 Å². The van der Waals surface area contributed by atoms with Crippen LogP contribution >= 0.6 is 27.5 Å². The molecule has 2 aromatic rings. The quantitative estimate of drug-likeness (QED) is 0.697. The minimum Gasteiger partial charge on any atom is -0.492 e. The molecule has 0 aliphatic rings. The van der Waals surface area contributed by atoms with Gasteiger partial charge in [0.05, 0.1) is 0 Å². The summed E-state index contributed by atoms with van der Waals surface area (Å²) >= 11 is 9.69. The van der Waals surface area contributed by atoms with Crippen LogP contribution in [0.3, 0.4) is 0 Å². The van der Waals surface area contributed by atoms with Crippen molar-refractivity contribution in [2.75, 3.05) is 20.2 Å². The Balaban J connectivity index is 1.87. The number of hydrogen-bond donors (Lipinski definition) is 0. The van der Waals surface area contributed by atoms with E-state index in [0.717, 1.165) is 27.4 Å². The predicted octanol–water partition coefficient (Wildman–Crippen LogP) is 5.17. The van der Waals surface area contributed by atoms with Crippen LogP contribution in [-0.4, -0.2) is 25.1 Å². The topological polar surface area (TPSA) is 12.5 Å². The lowest BCUT2D eigenvalue weighted by Gasteiger charge is -2.25. The molecule has 0 saturated carbocycles. The van der Waals surface area contributed by atoms with Gasteiger partial charge in [0.2, 0.25) is 0 Å². The van der Waals surface area contributed by atoms with Crippen LogP contribution in [-0.2, 0) is 0 Å². The number of nitrogens with zero attached hydrogens (tertiary/aromatic N) is 1. The zero-order valence-corrected chi connectivity index (χ0v) is 14.6. The van der Waals surface area contributed by atoms with Crippen molar-refractivity contribution >= 4 is 27.5 Å². The van der Waals surface area contributed by atoms with Gasteiger partial charge in [0.15, 0.2) is 0 Å². The average molecular weight is 369 g/mol. The Bertz CT molecular complexity index is 591. The van der Waals surface area contributed by atoms with E-state index in [1.807, 2.05) is 42.5 Å². The molecule has 0 radical (unpaired) electrons. The maximum atomic E-state index is 6.25. The lowest BCUT2D eigenvalue weighted by molar-refractivity contribution is 0.201. The number of hydrogen-bond acceptors (Lipinski definition) is 2. The smallest absolute Gasteiger partial charge is 0.120 e. The van der Waals surface area contributed by atoms with Gasteiger partial charge in [-0.25, -0.2) is 0 Å². The molecule has 0 saturated heterocycles. The second-order valence-corrected chi connectivity index (χ2v) is 6.31. The first-order valence-corrected chi connectivity index (χ1v) is 8.08. The maximum Gasteiger partial charge on any atom is 0.120 e. The van der Waals surface area contributed by atoms with Crippen molar-refractivity contribution in [2.24, 2.45) is 0 Å². The van der Waals surface area contributed by atoms with Crippen LogP contribution in [0.25, 0.3) is 0 Å². The molecule has 0 bridgehead atoms. The fourth-order valence-corrected chi connectivity index (χ4v) is 2.78. The van der Waals surface area contributed by atoms with Gasteiger partial charge in [0.1, 0.15) is 12.4 Å². The van der Waals surface area contributed by atoms with Crippen LogP contribution in [0.1, 0.15) is 18.5 Å². The van der Waals surface area contributed by atoms with Gasteiger partial charge in [-0.2, -0.15) is 0 Å². The highest BCUT2D eigenvalue weighted by molar-refractivity contribution is 9.10. The SMILES string of the molecule is CC(c1ccccc1Cl)N(C)CCOc1cccc(Br)c1. The lowest BCUT2D eigenvalue weighted by Crippen LogP contribution is -2.27. The van der Waals surface area contributed by atoms with Crippen LogP contribution < -0.4 is 4.74 Å². The molecule has 0 spiro atoms. The monoisotopic (exact) mass is 367 g/mol. The van der Waals surface area contributed by atoms with Crippen LogP contribution in [0.5, 0.6) is 5.75 Å². The van der Waals surface area contributed by atoms with Crippen molar-refractivity contribution in [3.63, 3.8) is 0 Å². The maximum absolute atomic E-state index is 6.25. The minimum absolute atomic E-state index is 0.254. The Morgan fingerprint density at radius 1 is 1.19 bits per heavy atom. The van der Waals surface area contributed by atoms with Crippen LogP contribution in [0, 0.1) is 0 Å². The Morgan fingerprint density at radius 3 is 2.67 bits per heavy atom. The van der Waals surface area contributed by atoms with Gasteiger partial charge in [-0.1, -0.05) is 51.8 Å².